The Kier molecular flexibility index (Phi) is 8.13. The first kappa shape index (κ1) is 35.8. The molecule has 1 heterocycles. The number of hydrogen-bond acceptors (Lipinski definition) is 2. The quantitative estimate of drug-likeness (QED) is 0.168. The third-order valence-corrected chi connectivity index (χ3v) is 15.3. The Labute approximate surface area is 364 Å². The number of fused-ring (bicyclic) bond motifs is 4. The average Bonchev–Trinajstić information content (AvgIpc) is 3.62. The highest BCUT2D eigenvalue weighted by atomic mass is 14.9. The number of benzene rings is 8. The van der Waals surface area contributed by atoms with Gasteiger partial charge in [-0.2, -0.15) is 0 Å². The van der Waals surface area contributed by atoms with Gasteiger partial charge in [0.2, 0.25) is 0 Å². The van der Waals surface area contributed by atoms with Gasteiger partial charge >= 0.3 is 0 Å². The largest absolute Gasteiger partial charge is 0.228 e. The number of hydrogen-bond donors (Lipinski definition) is 0. The fourth-order valence-electron chi connectivity index (χ4n) is 12.9. The summed E-state index contributed by atoms with van der Waals surface area (Å²) in [6, 6.07) is 71.4. The van der Waals surface area contributed by atoms with Crippen molar-refractivity contribution in [1.82, 2.24) is 9.97 Å². The second kappa shape index (κ2) is 14.1. The lowest BCUT2D eigenvalue weighted by atomic mass is 9.43. The number of aromatic nitrogens is 2. The fourth-order valence-corrected chi connectivity index (χ4v) is 12.9. The summed E-state index contributed by atoms with van der Waals surface area (Å²) in [6.45, 7) is 0. The van der Waals surface area contributed by atoms with E-state index in [0.717, 1.165) is 57.6 Å². The van der Waals surface area contributed by atoms with Crippen LogP contribution in [0.4, 0.5) is 0 Å². The fraction of sp³-hybridized carbons (Fsp3) is 0.167. The number of rotatable bonds is 6. The van der Waals surface area contributed by atoms with Gasteiger partial charge in [-0.3, -0.25) is 0 Å². The predicted molar refractivity (Wildman–Crippen MR) is 255 cm³/mol. The van der Waals surface area contributed by atoms with Crippen molar-refractivity contribution in [3.05, 3.63) is 205 Å². The van der Waals surface area contributed by atoms with E-state index in [4.69, 9.17) is 9.97 Å². The molecule has 296 valence electrons. The van der Waals surface area contributed by atoms with Gasteiger partial charge in [-0.25, -0.2) is 9.97 Å². The molecule has 2 nitrogen and oxygen atoms in total. The summed E-state index contributed by atoms with van der Waals surface area (Å²) in [7, 11) is 0. The van der Waals surface area contributed by atoms with Crippen molar-refractivity contribution in [3.8, 4) is 78.4 Å². The van der Waals surface area contributed by atoms with Gasteiger partial charge in [0, 0.05) is 22.1 Å². The molecule has 0 unspecified atom stereocenters. The van der Waals surface area contributed by atoms with Crippen LogP contribution in [0.2, 0.25) is 0 Å². The highest BCUT2D eigenvalue weighted by Crippen LogP contribution is 2.70. The summed E-state index contributed by atoms with van der Waals surface area (Å²) in [5, 5.41) is 2.71. The first-order chi connectivity index (χ1) is 30.7. The molecule has 14 rings (SSSR count). The van der Waals surface area contributed by atoms with E-state index in [1.54, 1.807) is 11.1 Å². The molecule has 1 aromatic heterocycles. The van der Waals surface area contributed by atoms with Crippen LogP contribution in [0.3, 0.4) is 0 Å². The molecule has 0 radical (unpaired) electrons. The van der Waals surface area contributed by atoms with Crippen LogP contribution in [-0.4, -0.2) is 9.97 Å². The van der Waals surface area contributed by atoms with E-state index >= 15 is 0 Å². The van der Waals surface area contributed by atoms with Crippen LogP contribution in [0.1, 0.15) is 43.2 Å². The molecule has 0 saturated heterocycles. The maximum absolute atomic E-state index is 5.18. The smallest absolute Gasteiger partial charge is 0.160 e. The molecule has 5 aliphatic rings. The van der Waals surface area contributed by atoms with Gasteiger partial charge in [0.05, 0.1) is 11.4 Å². The molecule has 5 aliphatic carbocycles. The Hall–Kier alpha value is -6.90. The maximum Gasteiger partial charge on any atom is 0.160 e. The molecule has 1 spiro atoms. The lowest BCUT2D eigenvalue weighted by Gasteiger charge is -2.61. The molecule has 0 atom stereocenters. The van der Waals surface area contributed by atoms with E-state index < -0.39 is 0 Å². The Morgan fingerprint density at radius 1 is 0.339 bits per heavy atom. The lowest BCUT2D eigenvalue weighted by molar-refractivity contribution is -0.0398. The zero-order valence-electron chi connectivity index (χ0n) is 34.7. The summed E-state index contributed by atoms with van der Waals surface area (Å²) in [5.74, 6) is 3.98. The standard InChI is InChI=1S/C60H46N2/c1-3-12-40(13-4-1)41-22-26-43(27-23-41)56-37-57(62-59(61-56)45-14-5-2-6-15-45)44-28-24-42(25-29-44)50-18-9-10-19-51(50)52-20-11-21-54-58(52)53-35-46-16-7-8-17-47(46)36-55(53)60(54)48-31-38-30-39(33-48)34-49(60)32-38/h1-29,35-39,48-49H,30-34H2. The summed E-state index contributed by atoms with van der Waals surface area (Å²) in [5.41, 5.74) is 18.7. The van der Waals surface area contributed by atoms with Crippen molar-refractivity contribution in [2.45, 2.75) is 37.5 Å². The molecule has 0 N–H and O–H groups in total. The minimum atomic E-state index is 0.105. The highest BCUT2D eigenvalue weighted by molar-refractivity contribution is 6.01. The normalized spacial score (nSPS) is 21.6. The van der Waals surface area contributed by atoms with Gasteiger partial charge < -0.3 is 0 Å². The highest BCUT2D eigenvalue weighted by Gasteiger charge is 2.61. The molecular weight excluding hydrogens is 749 g/mol. The van der Waals surface area contributed by atoms with Crippen LogP contribution in [0, 0.1) is 23.7 Å². The Morgan fingerprint density at radius 2 is 0.839 bits per heavy atom. The summed E-state index contributed by atoms with van der Waals surface area (Å²) in [4.78, 5) is 10.3. The molecule has 0 amide bonds. The maximum atomic E-state index is 5.18. The van der Waals surface area contributed by atoms with Crippen molar-refractivity contribution in [3.63, 3.8) is 0 Å². The van der Waals surface area contributed by atoms with Gasteiger partial charge in [-0.1, -0.05) is 176 Å². The van der Waals surface area contributed by atoms with Crippen LogP contribution < -0.4 is 0 Å². The minimum absolute atomic E-state index is 0.105. The van der Waals surface area contributed by atoms with E-state index in [2.05, 4.69) is 188 Å². The van der Waals surface area contributed by atoms with Crippen LogP contribution in [-0.2, 0) is 5.41 Å². The zero-order chi connectivity index (χ0) is 40.8. The van der Waals surface area contributed by atoms with Gasteiger partial charge in [0.1, 0.15) is 0 Å². The van der Waals surface area contributed by atoms with E-state index in [9.17, 15) is 0 Å². The molecule has 4 bridgehead atoms. The van der Waals surface area contributed by atoms with Gasteiger partial charge in [-0.05, 0) is 140 Å². The van der Waals surface area contributed by atoms with Crippen molar-refractivity contribution >= 4 is 10.8 Å². The molecule has 2 heteroatoms. The van der Waals surface area contributed by atoms with Crippen LogP contribution >= 0.6 is 0 Å². The second-order valence-corrected chi connectivity index (χ2v) is 18.5. The van der Waals surface area contributed by atoms with Gasteiger partial charge in [0.25, 0.3) is 0 Å². The summed E-state index contributed by atoms with van der Waals surface area (Å²) in [6.07, 6.45) is 6.99. The van der Waals surface area contributed by atoms with Crippen molar-refractivity contribution < 1.29 is 0 Å². The molecule has 8 aromatic carbocycles. The first-order valence-electron chi connectivity index (χ1n) is 22.6. The topological polar surface area (TPSA) is 25.8 Å². The van der Waals surface area contributed by atoms with E-state index in [0.29, 0.717) is 0 Å². The Bertz CT molecular complexity index is 3140. The average molecular weight is 795 g/mol. The molecule has 9 aromatic rings. The minimum Gasteiger partial charge on any atom is -0.228 e. The Balaban J connectivity index is 0.913. The third-order valence-electron chi connectivity index (χ3n) is 15.3. The van der Waals surface area contributed by atoms with Gasteiger partial charge in [-0.15, -0.1) is 0 Å². The van der Waals surface area contributed by atoms with Crippen LogP contribution in [0.15, 0.2) is 194 Å². The predicted octanol–water partition coefficient (Wildman–Crippen LogP) is 15.4. The van der Waals surface area contributed by atoms with Crippen LogP contribution in [0.25, 0.3) is 89.2 Å². The summed E-state index contributed by atoms with van der Waals surface area (Å²) < 4.78 is 0. The third kappa shape index (κ3) is 5.55. The monoisotopic (exact) mass is 794 g/mol. The first-order valence-corrected chi connectivity index (χ1v) is 22.6. The molecule has 62 heavy (non-hydrogen) atoms. The zero-order valence-corrected chi connectivity index (χ0v) is 34.7. The number of nitrogens with zero attached hydrogens (tertiary/aromatic N) is 2. The molecule has 0 aliphatic heterocycles. The van der Waals surface area contributed by atoms with E-state index in [1.165, 1.54) is 87.4 Å². The summed E-state index contributed by atoms with van der Waals surface area (Å²) >= 11 is 0. The van der Waals surface area contributed by atoms with Crippen molar-refractivity contribution in [1.29, 1.82) is 0 Å². The molecule has 4 fully saturated rings. The second-order valence-electron chi connectivity index (χ2n) is 18.5. The van der Waals surface area contributed by atoms with Crippen LogP contribution in [0.5, 0.6) is 0 Å². The SMILES string of the molecule is c1ccc(-c2ccc(-c3cc(-c4ccc(-c5ccccc5-c5cccc6c5-c5cc7ccccc7cc5C65C6CC7CC(C6)CC5C7)cc4)nc(-c4ccccc4)n3)cc2)cc1. The van der Waals surface area contributed by atoms with E-state index in [-0.39, 0.29) is 5.41 Å². The van der Waals surface area contributed by atoms with E-state index in [1.807, 2.05) is 6.07 Å². The molecule has 4 saturated carbocycles. The van der Waals surface area contributed by atoms with Crippen molar-refractivity contribution in [2.75, 3.05) is 0 Å². The molecular formula is C60H46N2. The lowest BCUT2D eigenvalue weighted by Crippen LogP contribution is -2.55. The van der Waals surface area contributed by atoms with Gasteiger partial charge in [0.15, 0.2) is 5.82 Å². The van der Waals surface area contributed by atoms with Crippen molar-refractivity contribution in [2.24, 2.45) is 23.7 Å². The Morgan fingerprint density at radius 3 is 1.48 bits per heavy atom.